The maximum Gasteiger partial charge on any atom is 0.534 e. The van der Waals surface area contributed by atoms with Gasteiger partial charge in [-0.25, -0.2) is 4.79 Å². The summed E-state index contributed by atoms with van der Waals surface area (Å²) in [6, 6.07) is 3.44. The molecule has 1 aromatic carbocycles. The van der Waals surface area contributed by atoms with E-state index < -0.39 is 39.0 Å². The standard InChI is InChI=1S/C16H20F3NO7S/c1-15(2,3)26-14(22)20-11-6-5-7-12(10(11)8-9-13(21)25-4)27-28(23,24)16(17,18)19/h5-7H,8-9H2,1-4H3,(H,20,22). The molecule has 0 bridgehead atoms. The first-order valence-corrected chi connectivity index (χ1v) is 9.26. The molecule has 0 aliphatic heterocycles. The molecular weight excluding hydrogens is 407 g/mol. The van der Waals surface area contributed by atoms with Crippen LogP contribution in [0.4, 0.5) is 23.7 Å². The number of hydrogen-bond donors (Lipinski definition) is 1. The molecular formula is C16H20F3NO7S. The maximum absolute atomic E-state index is 12.6. The number of carbonyl (C=O) groups excluding carboxylic acids is 2. The van der Waals surface area contributed by atoms with Crippen LogP contribution in [0.25, 0.3) is 0 Å². The zero-order valence-electron chi connectivity index (χ0n) is 15.5. The monoisotopic (exact) mass is 427 g/mol. The maximum atomic E-state index is 12.6. The van der Waals surface area contributed by atoms with Gasteiger partial charge in [0.1, 0.15) is 11.4 Å². The molecule has 0 heterocycles. The highest BCUT2D eigenvalue weighted by atomic mass is 32.2. The summed E-state index contributed by atoms with van der Waals surface area (Å²) in [5, 5.41) is 2.30. The number of alkyl halides is 3. The molecule has 158 valence electrons. The second kappa shape index (κ2) is 8.67. The Kier molecular flexibility index (Phi) is 7.29. The minimum atomic E-state index is -5.95. The minimum Gasteiger partial charge on any atom is -0.469 e. The Balaban J connectivity index is 3.28. The Hall–Kier alpha value is -2.50. The number of esters is 1. The molecule has 0 saturated carbocycles. The number of hydrogen-bond acceptors (Lipinski definition) is 7. The van der Waals surface area contributed by atoms with Crippen LogP contribution in [0.2, 0.25) is 0 Å². The molecule has 0 radical (unpaired) electrons. The molecule has 28 heavy (non-hydrogen) atoms. The Morgan fingerprint density at radius 2 is 1.75 bits per heavy atom. The predicted octanol–water partition coefficient (Wildman–Crippen LogP) is 3.37. The van der Waals surface area contributed by atoms with Gasteiger partial charge in [-0.2, -0.15) is 21.6 Å². The van der Waals surface area contributed by atoms with Crippen molar-refractivity contribution in [2.24, 2.45) is 0 Å². The lowest BCUT2D eigenvalue weighted by atomic mass is 10.1. The summed E-state index contributed by atoms with van der Waals surface area (Å²) < 4.78 is 74.3. The van der Waals surface area contributed by atoms with Gasteiger partial charge in [-0.05, 0) is 39.3 Å². The van der Waals surface area contributed by atoms with E-state index in [0.717, 1.165) is 13.2 Å². The first kappa shape index (κ1) is 23.5. The summed E-state index contributed by atoms with van der Waals surface area (Å²) in [4.78, 5) is 23.4. The predicted molar refractivity (Wildman–Crippen MR) is 92.2 cm³/mol. The molecule has 0 aliphatic carbocycles. The van der Waals surface area contributed by atoms with E-state index in [-0.39, 0.29) is 24.1 Å². The van der Waals surface area contributed by atoms with Gasteiger partial charge in [-0.3, -0.25) is 10.1 Å². The second-order valence-electron chi connectivity index (χ2n) is 6.47. The number of anilines is 1. The first-order chi connectivity index (χ1) is 12.7. The van der Waals surface area contributed by atoms with Gasteiger partial charge in [0, 0.05) is 12.0 Å². The number of rotatable bonds is 6. The highest BCUT2D eigenvalue weighted by Crippen LogP contribution is 2.33. The van der Waals surface area contributed by atoms with Crippen molar-refractivity contribution >= 4 is 27.9 Å². The summed E-state index contributed by atoms with van der Waals surface area (Å²) in [5.74, 6) is -1.38. The Morgan fingerprint density at radius 3 is 2.25 bits per heavy atom. The molecule has 0 saturated heterocycles. The SMILES string of the molecule is COC(=O)CCc1c(NC(=O)OC(C)(C)C)cccc1OS(=O)(=O)C(F)(F)F. The van der Waals surface area contributed by atoms with Gasteiger partial charge in [0.05, 0.1) is 12.8 Å². The minimum absolute atomic E-state index is 0.0759. The fourth-order valence-corrected chi connectivity index (χ4v) is 2.41. The molecule has 12 heteroatoms. The molecule has 0 atom stereocenters. The average Bonchev–Trinajstić information content (AvgIpc) is 2.50. The molecule has 0 aromatic heterocycles. The highest BCUT2D eigenvalue weighted by Gasteiger charge is 2.48. The van der Waals surface area contributed by atoms with E-state index in [2.05, 4.69) is 14.2 Å². The van der Waals surface area contributed by atoms with Gasteiger partial charge in [0.2, 0.25) is 0 Å². The Labute approximate surface area is 160 Å². The second-order valence-corrected chi connectivity index (χ2v) is 8.01. The summed E-state index contributed by atoms with van der Waals surface area (Å²) in [7, 11) is -4.84. The number of methoxy groups -OCH3 is 1. The highest BCUT2D eigenvalue weighted by molar-refractivity contribution is 7.88. The van der Waals surface area contributed by atoms with Crippen molar-refractivity contribution in [3.05, 3.63) is 23.8 Å². The molecule has 1 aromatic rings. The molecule has 1 amide bonds. The number of amides is 1. The zero-order chi connectivity index (χ0) is 21.8. The van der Waals surface area contributed by atoms with Gasteiger partial charge >= 0.3 is 27.7 Å². The van der Waals surface area contributed by atoms with Crippen LogP contribution < -0.4 is 9.50 Å². The lowest BCUT2D eigenvalue weighted by Crippen LogP contribution is -2.29. The van der Waals surface area contributed by atoms with Crippen molar-refractivity contribution in [3.63, 3.8) is 0 Å². The van der Waals surface area contributed by atoms with E-state index in [1.54, 1.807) is 20.8 Å². The largest absolute Gasteiger partial charge is 0.534 e. The van der Waals surface area contributed by atoms with Crippen LogP contribution in [0.15, 0.2) is 18.2 Å². The van der Waals surface area contributed by atoms with E-state index in [0.29, 0.717) is 0 Å². The van der Waals surface area contributed by atoms with E-state index >= 15 is 0 Å². The topological polar surface area (TPSA) is 108 Å². The first-order valence-electron chi connectivity index (χ1n) is 7.86. The Morgan fingerprint density at radius 1 is 1.14 bits per heavy atom. The summed E-state index contributed by atoms with van der Waals surface area (Å²) in [5.41, 5.74) is -6.73. The van der Waals surface area contributed by atoms with Crippen LogP contribution in [0.5, 0.6) is 5.75 Å². The van der Waals surface area contributed by atoms with E-state index in [1.165, 1.54) is 12.1 Å². The number of ether oxygens (including phenoxy) is 2. The number of benzene rings is 1. The molecule has 0 fully saturated rings. The zero-order valence-corrected chi connectivity index (χ0v) is 16.4. The van der Waals surface area contributed by atoms with Crippen molar-refractivity contribution in [1.82, 2.24) is 0 Å². The van der Waals surface area contributed by atoms with Crippen LogP contribution in [0.1, 0.15) is 32.8 Å². The van der Waals surface area contributed by atoms with Crippen molar-refractivity contribution < 1.29 is 44.8 Å². The van der Waals surface area contributed by atoms with Gasteiger partial charge in [0.25, 0.3) is 0 Å². The molecule has 0 spiro atoms. The van der Waals surface area contributed by atoms with E-state index in [4.69, 9.17) is 4.74 Å². The molecule has 1 N–H and O–H groups in total. The third kappa shape index (κ3) is 6.91. The number of nitrogens with one attached hydrogen (secondary N) is 1. The van der Waals surface area contributed by atoms with Gasteiger partial charge < -0.3 is 13.7 Å². The molecule has 8 nitrogen and oxygen atoms in total. The average molecular weight is 427 g/mol. The quantitative estimate of drug-likeness (QED) is 0.421. The fourth-order valence-electron chi connectivity index (χ4n) is 1.93. The van der Waals surface area contributed by atoms with Crippen molar-refractivity contribution in [2.45, 2.75) is 44.7 Å². The van der Waals surface area contributed by atoms with Crippen molar-refractivity contribution in [3.8, 4) is 5.75 Å². The van der Waals surface area contributed by atoms with Crippen LogP contribution in [0.3, 0.4) is 0 Å². The summed E-state index contributed by atoms with van der Waals surface area (Å²) in [6.07, 6.45) is -1.49. The third-order valence-electron chi connectivity index (χ3n) is 3.06. The Bertz CT molecular complexity index is 830. The van der Waals surface area contributed by atoms with E-state index in [9.17, 15) is 31.2 Å². The van der Waals surface area contributed by atoms with Crippen LogP contribution >= 0.6 is 0 Å². The fraction of sp³-hybridized carbons (Fsp3) is 0.500. The molecule has 0 aliphatic rings. The lowest BCUT2D eigenvalue weighted by molar-refractivity contribution is -0.140. The van der Waals surface area contributed by atoms with Gasteiger partial charge in [-0.15, -0.1) is 0 Å². The van der Waals surface area contributed by atoms with Gasteiger partial charge in [0.15, 0.2) is 0 Å². The normalized spacial score (nSPS) is 12.2. The molecule has 0 unspecified atom stereocenters. The third-order valence-corrected chi connectivity index (χ3v) is 4.02. The van der Waals surface area contributed by atoms with Crippen molar-refractivity contribution in [1.29, 1.82) is 0 Å². The van der Waals surface area contributed by atoms with Gasteiger partial charge in [-0.1, -0.05) is 6.07 Å². The number of halogens is 3. The van der Waals surface area contributed by atoms with Crippen molar-refractivity contribution in [2.75, 3.05) is 12.4 Å². The van der Waals surface area contributed by atoms with E-state index in [1.807, 2.05) is 0 Å². The van der Waals surface area contributed by atoms with Crippen LogP contribution in [0, 0.1) is 0 Å². The smallest absolute Gasteiger partial charge is 0.469 e. The molecule has 1 rings (SSSR count). The van der Waals surface area contributed by atoms with Crippen LogP contribution in [-0.2, 0) is 30.8 Å². The number of carbonyl (C=O) groups is 2. The van der Waals surface area contributed by atoms with Crippen LogP contribution in [-0.4, -0.2) is 38.7 Å². The summed E-state index contributed by atoms with van der Waals surface area (Å²) in [6.45, 7) is 4.79. The lowest BCUT2D eigenvalue weighted by Gasteiger charge is -2.21. The summed E-state index contributed by atoms with van der Waals surface area (Å²) >= 11 is 0.